The molecule has 0 spiro atoms. The first-order chi connectivity index (χ1) is 10.1. The molecular weight excluding hydrogens is 268 g/mol. The summed E-state index contributed by atoms with van der Waals surface area (Å²) < 4.78 is 6.50. The van der Waals surface area contributed by atoms with Crippen LogP contribution >= 0.6 is 0 Å². The van der Waals surface area contributed by atoms with Crippen LogP contribution in [-0.4, -0.2) is 32.7 Å². The Morgan fingerprint density at radius 2 is 2.19 bits per heavy atom. The highest BCUT2D eigenvalue weighted by molar-refractivity contribution is 5.89. The van der Waals surface area contributed by atoms with E-state index in [4.69, 9.17) is 4.74 Å². The van der Waals surface area contributed by atoms with Gasteiger partial charge in [0, 0.05) is 24.0 Å². The number of rotatable bonds is 3. The fourth-order valence-electron chi connectivity index (χ4n) is 2.56. The van der Waals surface area contributed by atoms with Crippen LogP contribution in [0.4, 0.5) is 0 Å². The molecule has 0 aliphatic heterocycles. The van der Waals surface area contributed by atoms with E-state index in [-0.39, 0.29) is 5.97 Å². The molecule has 0 aromatic carbocycles. The molecule has 21 heavy (non-hydrogen) atoms. The van der Waals surface area contributed by atoms with Gasteiger partial charge in [-0.2, -0.15) is 0 Å². The Morgan fingerprint density at radius 1 is 1.38 bits per heavy atom. The van der Waals surface area contributed by atoms with Crippen LogP contribution < -0.4 is 0 Å². The summed E-state index contributed by atoms with van der Waals surface area (Å²) in [6.45, 7) is 3.94. The third kappa shape index (κ3) is 2.22. The quantitative estimate of drug-likeness (QED) is 0.688. The molecule has 3 heterocycles. The Morgan fingerprint density at radius 3 is 2.95 bits per heavy atom. The van der Waals surface area contributed by atoms with E-state index in [0.29, 0.717) is 18.5 Å². The topological polar surface area (TPSA) is 69.4 Å². The fraction of sp³-hybridized carbons (Fsp3) is 0.333. The summed E-state index contributed by atoms with van der Waals surface area (Å²) in [5.74, 6) is -0.221. The van der Waals surface area contributed by atoms with Crippen LogP contribution in [0.2, 0.25) is 0 Å². The summed E-state index contributed by atoms with van der Waals surface area (Å²) >= 11 is 0. The lowest BCUT2D eigenvalue weighted by Crippen LogP contribution is -2.08. The van der Waals surface area contributed by atoms with E-state index in [9.17, 15) is 4.79 Å². The summed E-state index contributed by atoms with van der Waals surface area (Å²) in [7, 11) is 1.40. The van der Waals surface area contributed by atoms with Crippen LogP contribution in [-0.2, 0) is 16.0 Å². The number of ether oxygens (including phenoxy) is 1. The third-order valence-corrected chi connectivity index (χ3v) is 3.69. The molecule has 3 rings (SSSR count). The zero-order valence-corrected chi connectivity index (χ0v) is 12.3. The summed E-state index contributed by atoms with van der Waals surface area (Å²) in [5.41, 5.74) is 4.40. The molecule has 6 nitrogen and oxygen atoms in total. The zero-order chi connectivity index (χ0) is 15.0. The maximum absolute atomic E-state index is 11.3. The van der Waals surface area contributed by atoms with Gasteiger partial charge in [0.1, 0.15) is 0 Å². The first kappa shape index (κ1) is 13.5. The zero-order valence-electron chi connectivity index (χ0n) is 12.3. The van der Waals surface area contributed by atoms with E-state index < -0.39 is 0 Å². The maximum Gasteiger partial charge on any atom is 0.305 e. The Balaban J connectivity index is 2.14. The number of methoxy groups -OCH3 is 1. The van der Waals surface area contributed by atoms with E-state index in [1.807, 2.05) is 26.0 Å². The Kier molecular flexibility index (Phi) is 3.29. The van der Waals surface area contributed by atoms with Crippen LogP contribution in [0, 0.1) is 13.8 Å². The highest BCUT2D eigenvalue weighted by atomic mass is 16.5. The van der Waals surface area contributed by atoms with E-state index in [2.05, 4.69) is 15.1 Å². The average molecular weight is 284 g/mol. The number of nitrogens with zero attached hydrogens (tertiary/aromatic N) is 4. The van der Waals surface area contributed by atoms with E-state index in [0.717, 1.165) is 28.0 Å². The van der Waals surface area contributed by atoms with Gasteiger partial charge in [-0.25, -0.2) is 14.5 Å². The van der Waals surface area contributed by atoms with Crippen LogP contribution in [0.5, 0.6) is 0 Å². The Labute approximate surface area is 121 Å². The second kappa shape index (κ2) is 5.12. The van der Waals surface area contributed by atoms with Crippen molar-refractivity contribution >= 4 is 22.6 Å². The summed E-state index contributed by atoms with van der Waals surface area (Å²) in [6, 6.07) is 3.84. The van der Waals surface area contributed by atoms with Crippen molar-refractivity contribution in [2.75, 3.05) is 7.11 Å². The van der Waals surface area contributed by atoms with Gasteiger partial charge in [0.25, 0.3) is 0 Å². The van der Waals surface area contributed by atoms with Crippen molar-refractivity contribution in [3.05, 3.63) is 35.3 Å². The van der Waals surface area contributed by atoms with Crippen LogP contribution in [0.15, 0.2) is 18.3 Å². The first-order valence-electron chi connectivity index (χ1n) is 6.78. The standard InChI is InChI=1S/C15H16N4O2/c1-9-11(6-7-13(20)21-3)10(2)19-15(17-9)12-5-4-8-16-14(12)18-19/h4-5,8H,6-7H2,1-3H3. The van der Waals surface area contributed by atoms with E-state index in [1.165, 1.54) is 7.11 Å². The summed E-state index contributed by atoms with van der Waals surface area (Å²) in [4.78, 5) is 20.2. The van der Waals surface area contributed by atoms with Crippen LogP contribution in [0.3, 0.4) is 0 Å². The monoisotopic (exact) mass is 284 g/mol. The van der Waals surface area contributed by atoms with Crippen LogP contribution in [0.25, 0.3) is 16.7 Å². The highest BCUT2D eigenvalue weighted by Crippen LogP contribution is 2.21. The summed E-state index contributed by atoms with van der Waals surface area (Å²) in [5, 5.41) is 5.42. The minimum absolute atomic E-state index is 0.221. The van der Waals surface area contributed by atoms with Gasteiger partial charge in [0.2, 0.25) is 0 Å². The van der Waals surface area contributed by atoms with Gasteiger partial charge in [-0.05, 0) is 38.0 Å². The summed E-state index contributed by atoms with van der Waals surface area (Å²) in [6.07, 6.45) is 2.65. The van der Waals surface area contributed by atoms with Gasteiger partial charge >= 0.3 is 5.97 Å². The van der Waals surface area contributed by atoms with Crippen molar-refractivity contribution in [3.63, 3.8) is 0 Å². The number of aryl methyl sites for hydroxylation is 2. The Hall–Kier alpha value is -2.50. The normalized spacial score (nSPS) is 11.2. The molecule has 0 radical (unpaired) electrons. The molecule has 0 N–H and O–H groups in total. The lowest BCUT2D eigenvalue weighted by atomic mass is 10.1. The molecule has 0 atom stereocenters. The first-order valence-corrected chi connectivity index (χ1v) is 6.78. The number of carbonyl (C=O) groups is 1. The van der Waals surface area contributed by atoms with Gasteiger partial charge < -0.3 is 4.74 Å². The van der Waals surface area contributed by atoms with Gasteiger partial charge in [0.15, 0.2) is 11.3 Å². The molecule has 0 saturated carbocycles. The fourth-order valence-corrected chi connectivity index (χ4v) is 2.56. The predicted molar refractivity (Wildman–Crippen MR) is 78.1 cm³/mol. The molecule has 0 unspecified atom stereocenters. The molecule has 3 aromatic rings. The smallest absolute Gasteiger partial charge is 0.305 e. The number of carbonyl (C=O) groups excluding carboxylic acids is 1. The van der Waals surface area contributed by atoms with Gasteiger partial charge in [-0.15, -0.1) is 5.10 Å². The number of aromatic nitrogens is 4. The molecule has 0 aliphatic carbocycles. The number of fused-ring (bicyclic) bond motifs is 3. The number of esters is 1. The Bertz CT molecular complexity index is 838. The van der Waals surface area contributed by atoms with Crippen molar-refractivity contribution < 1.29 is 9.53 Å². The molecule has 0 amide bonds. The SMILES string of the molecule is COC(=O)CCc1c(C)nc2c3cccnc3nn2c1C. The molecule has 108 valence electrons. The van der Waals surface area contributed by atoms with E-state index >= 15 is 0 Å². The van der Waals surface area contributed by atoms with Gasteiger partial charge in [0.05, 0.1) is 12.5 Å². The predicted octanol–water partition coefficient (Wildman–Crippen LogP) is 2.00. The lowest BCUT2D eigenvalue weighted by Gasteiger charge is -2.10. The van der Waals surface area contributed by atoms with Crippen molar-refractivity contribution in [3.8, 4) is 0 Å². The van der Waals surface area contributed by atoms with Crippen molar-refractivity contribution in [1.82, 2.24) is 19.6 Å². The molecule has 0 saturated heterocycles. The molecule has 0 aliphatic rings. The minimum Gasteiger partial charge on any atom is -0.469 e. The van der Waals surface area contributed by atoms with Crippen molar-refractivity contribution in [2.24, 2.45) is 0 Å². The van der Waals surface area contributed by atoms with Gasteiger partial charge in [-0.1, -0.05) is 0 Å². The van der Waals surface area contributed by atoms with Gasteiger partial charge in [-0.3, -0.25) is 4.79 Å². The number of pyridine rings is 1. The largest absolute Gasteiger partial charge is 0.469 e. The molecule has 6 heteroatoms. The molecule has 0 fully saturated rings. The number of hydrogen-bond acceptors (Lipinski definition) is 5. The average Bonchev–Trinajstić information content (AvgIpc) is 2.86. The highest BCUT2D eigenvalue weighted by Gasteiger charge is 2.15. The minimum atomic E-state index is -0.221. The van der Waals surface area contributed by atoms with Crippen LogP contribution in [0.1, 0.15) is 23.4 Å². The van der Waals surface area contributed by atoms with Crippen molar-refractivity contribution in [2.45, 2.75) is 26.7 Å². The maximum atomic E-state index is 11.3. The second-order valence-corrected chi connectivity index (χ2v) is 4.95. The van der Waals surface area contributed by atoms with E-state index in [1.54, 1.807) is 10.7 Å². The molecule has 0 bridgehead atoms. The van der Waals surface area contributed by atoms with Crippen molar-refractivity contribution in [1.29, 1.82) is 0 Å². The number of hydrogen-bond donors (Lipinski definition) is 0. The second-order valence-electron chi connectivity index (χ2n) is 4.95. The molecule has 3 aromatic heterocycles. The molecular formula is C15H16N4O2. The lowest BCUT2D eigenvalue weighted by molar-refractivity contribution is -0.140. The third-order valence-electron chi connectivity index (χ3n) is 3.69.